The summed E-state index contributed by atoms with van der Waals surface area (Å²) >= 11 is 0. The number of hydrogen-bond acceptors (Lipinski definition) is 3. The normalized spacial score (nSPS) is 13.0. The Balaban J connectivity index is 4.03. The fourth-order valence-electron chi connectivity index (χ4n) is 4.96. The van der Waals surface area contributed by atoms with Gasteiger partial charge >= 0.3 is 11.9 Å². The zero-order valence-electron chi connectivity index (χ0n) is 28.7. The SMILES string of the molecule is CCCCC/C=C\C/C=C\C/C=C\CCCCCCCCC(=O)OC(/C=C\C/C=C\CCCCC)CCCCCCC(=O)O. The van der Waals surface area contributed by atoms with E-state index in [9.17, 15) is 9.59 Å². The van der Waals surface area contributed by atoms with Gasteiger partial charge in [0.2, 0.25) is 0 Å². The largest absolute Gasteiger partial charge is 0.481 e. The summed E-state index contributed by atoms with van der Waals surface area (Å²) in [7, 11) is 0. The maximum absolute atomic E-state index is 12.5. The highest BCUT2D eigenvalue weighted by atomic mass is 16.5. The van der Waals surface area contributed by atoms with Crippen LogP contribution in [0.3, 0.4) is 0 Å². The van der Waals surface area contributed by atoms with Gasteiger partial charge in [-0.1, -0.05) is 133 Å². The van der Waals surface area contributed by atoms with E-state index in [0.717, 1.165) is 70.6 Å². The molecule has 0 saturated heterocycles. The van der Waals surface area contributed by atoms with Gasteiger partial charge in [-0.15, -0.1) is 0 Å². The molecule has 0 aromatic rings. The van der Waals surface area contributed by atoms with Crippen LogP contribution in [0.4, 0.5) is 0 Å². The smallest absolute Gasteiger partial charge is 0.306 e. The molecule has 4 heteroatoms. The number of ether oxygens (including phenoxy) is 1. The van der Waals surface area contributed by atoms with Gasteiger partial charge in [-0.25, -0.2) is 0 Å². The molecule has 0 saturated carbocycles. The van der Waals surface area contributed by atoms with Crippen LogP contribution in [0.25, 0.3) is 0 Å². The van der Waals surface area contributed by atoms with Crippen molar-refractivity contribution in [1.82, 2.24) is 0 Å². The lowest BCUT2D eigenvalue weighted by molar-refractivity contribution is -0.147. The van der Waals surface area contributed by atoms with Crippen LogP contribution >= 0.6 is 0 Å². The molecule has 0 radical (unpaired) electrons. The van der Waals surface area contributed by atoms with Crippen LogP contribution in [0.2, 0.25) is 0 Å². The third-order valence-corrected chi connectivity index (χ3v) is 7.70. The number of rotatable bonds is 32. The first-order valence-electron chi connectivity index (χ1n) is 18.3. The van der Waals surface area contributed by atoms with Crippen molar-refractivity contribution in [3.05, 3.63) is 60.8 Å². The van der Waals surface area contributed by atoms with Gasteiger partial charge in [0.05, 0.1) is 0 Å². The van der Waals surface area contributed by atoms with E-state index in [0.29, 0.717) is 12.8 Å². The number of allylic oxidation sites excluding steroid dienone is 9. The number of carbonyl (C=O) groups excluding carboxylic acids is 1. The first-order chi connectivity index (χ1) is 21.6. The molecule has 252 valence electrons. The van der Waals surface area contributed by atoms with Gasteiger partial charge in [0, 0.05) is 12.8 Å². The molecule has 4 nitrogen and oxygen atoms in total. The Morgan fingerprint density at radius 2 is 0.955 bits per heavy atom. The molecule has 0 spiro atoms. The van der Waals surface area contributed by atoms with Crippen molar-refractivity contribution in [1.29, 1.82) is 0 Å². The summed E-state index contributed by atoms with van der Waals surface area (Å²) in [5.74, 6) is -0.825. The van der Waals surface area contributed by atoms with Crippen LogP contribution in [-0.4, -0.2) is 23.1 Å². The molecular formula is C40H68O4. The van der Waals surface area contributed by atoms with Crippen LogP contribution in [0, 0.1) is 0 Å². The quantitative estimate of drug-likeness (QED) is 0.0466. The first kappa shape index (κ1) is 41.6. The van der Waals surface area contributed by atoms with Crippen molar-refractivity contribution in [2.75, 3.05) is 0 Å². The van der Waals surface area contributed by atoms with E-state index in [4.69, 9.17) is 9.84 Å². The summed E-state index contributed by atoms with van der Waals surface area (Å²) in [6, 6.07) is 0. The third-order valence-electron chi connectivity index (χ3n) is 7.70. The average Bonchev–Trinajstić information content (AvgIpc) is 3.01. The lowest BCUT2D eigenvalue weighted by Crippen LogP contribution is -2.16. The summed E-state index contributed by atoms with van der Waals surface area (Å²) in [6.45, 7) is 4.46. The molecule has 0 aliphatic rings. The Morgan fingerprint density at radius 3 is 1.50 bits per heavy atom. The number of hydrogen-bond donors (Lipinski definition) is 1. The number of aliphatic carboxylic acids is 1. The summed E-state index contributed by atoms with van der Waals surface area (Å²) in [4.78, 5) is 23.2. The van der Waals surface area contributed by atoms with E-state index in [1.165, 1.54) is 70.6 Å². The molecule has 0 rings (SSSR count). The van der Waals surface area contributed by atoms with Crippen molar-refractivity contribution in [3.63, 3.8) is 0 Å². The van der Waals surface area contributed by atoms with Crippen molar-refractivity contribution >= 4 is 11.9 Å². The van der Waals surface area contributed by atoms with Crippen molar-refractivity contribution in [2.45, 2.75) is 180 Å². The second-order valence-electron chi connectivity index (χ2n) is 12.0. The minimum absolute atomic E-state index is 0.0946. The maximum Gasteiger partial charge on any atom is 0.306 e. The second-order valence-corrected chi connectivity index (χ2v) is 12.0. The molecule has 1 N–H and O–H groups in total. The summed E-state index contributed by atoms with van der Waals surface area (Å²) in [5.41, 5.74) is 0. The Labute approximate surface area is 272 Å². The Bertz CT molecular complexity index is 789. The van der Waals surface area contributed by atoms with Crippen molar-refractivity contribution < 1.29 is 19.4 Å². The molecule has 44 heavy (non-hydrogen) atoms. The molecule has 1 atom stereocenters. The maximum atomic E-state index is 12.5. The number of carbonyl (C=O) groups is 2. The highest BCUT2D eigenvalue weighted by Crippen LogP contribution is 2.14. The lowest BCUT2D eigenvalue weighted by Gasteiger charge is -2.14. The monoisotopic (exact) mass is 613 g/mol. The second kappa shape index (κ2) is 35.1. The fraction of sp³-hybridized carbons (Fsp3) is 0.700. The predicted octanol–water partition coefficient (Wildman–Crippen LogP) is 12.6. The van der Waals surface area contributed by atoms with Crippen molar-refractivity contribution in [2.24, 2.45) is 0 Å². The molecule has 0 fully saturated rings. The van der Waals surface area contributed by atoms with E-state index in [1.807, 2.05) is 6.08 Å². The minimum atomic E-state index is -0.731. The standard InChI is InChI=1S/C40H68O4/c1-3-5-7-9-11-13-14-15-16-17-18-19-20-21-22-23-25-27-33-37-40(43)44-38(35-31-28-29-32-36-39(41)42)34-30-26-24-12-10-8-6-4-2/h11-13,15-16,18-19,24,30,34,38H,3-10,14,17,20-23,25-29,31-33,35-37H2,1-2H3,(H,41,42)/b13-11-,16-15-,19-18-,24-12-,34-30-. The Hall–Kier alpha value is -2.36. The van der Waals surface area contributed by atoms with Gasteiger partial charge < -0.3 is 9.84 Å². The van der Waals surface area contributed by atoms with Crippen molar-refractivity contribution in [3.8, 4) is 0 Å². The third kappa shape index (κ3) is 34.1. The van der Waals surface area contributed by atoms with E-state index in [-0.39, 0.29) is 18.5 Å². The van der Waals surface area contributed by atoms with Gasteiger partial charge in [-0.2, -0.15) is 0 Å². The number of unbranched alkanes of at least 4 members (excludes halogenated alkanes) is 15. The van der Waals surface area contributed by atoms with Crippen LogP contribution in [-0.2, 0) is 14.3 Å². The first-order valence-corrected chi connectivity index (χ1v) is 18.3. The van der Waals surface area contributed by atoms with Crippen LogP contribution in [0.5, 0.6) is 0 Å². The topological polar surface area (TPSA) is 63.6 Å². The number of carboxylic acids is 1. The van der Waals surface area contributed by atoms with Crippen LogP contribution in [0.15, 0.2) is 60.8 Å². The summed E-state index contributed by atoms with van der Waals surface area (Å²) < 4.78 is 5.83. The molecule has 0 bridgehead atoms. The zero-order chi connectivity index (χ0) is 32.2. The highest BCUT2D eigenvalue weighted by molar-refractivity contribution is 5.69. The van der Waals surface area contributed by atoms with Crippen LogP contribution in [0.1, 0.15) is 174 Å². The van der Waals surface area contributed by atoms with E-state index in [2.05, 4.69) is 68.5 Å². The average molecular weight is 613 g/mol. The number of esters is 1. The minimum Gasteiger partial charge on any atom is -0.481 e. The highest BCUT2D eigenvalue weighted by Gasteiger charge is 2.11. The molecule has 0 aliphatic heterocycles. The van der Waals surface area contributed by atoms with E-state index >= 15 is 0 Å². The molecular weight excluding hydrogens is 544 g/mol. The van der Waals surface area contributed by atoms with Gasteiger partial charge in [-0.05, 0) is 89.5 Å². The van der Waals surface area contributed by atoms with E-state index in [1.54, 1.807) is 0 Å². The van der Waals surface area contributed by atoms with Gasteiger partial charge in [0.25, 0.3) is 0 Å². The zero-order valence-corrected chi connectivity index (χ0v) is 28.7. The summed E-state index contributed by atoms with van der Waals surface area (Å²) in [5, 5.41) is 8.81. The predicted molar refractivity (Wildman–Crippen MR) is 190 cm³/mol. The molecule has 0 aliphatic carbocycles. The molecule has 0 aromatic carbocycles. The summed E-state index contributed by atoms with van der Waals surface area (Å²) in [6.07, 6.45) is 48.2. The van der Waals surface area contributed by atoms with Crippen LogP contribution < -0.4 is 0 Å². The van der Waals surface area contributed by atoms with Gasteiger partial charge in [0.1, 0.15) is 6.10 Å². The van der Waals surface area contributed by atoms with E-state index < -0.39 is 5.97 Å². The Morgan fingerprint density at radius 1 is 0.523 bits per heavy atom. The van der Waals surface area contributed by atoms with Gasteiger partial charge in [-0.3, -0.25) is 9.59 Å². The molecule has 0 aromatic heterocycles. The molecule has 0 heterocycles. The molecule has 0 amide bonds. The van der Waals surface area contributed by atoms with Gasteiger partial charge in [0.15, 0.2) is 0 Å². The molecule has 1 unspecified atom stereocenters. The fourth-order valence-corrected chi connectivity index (χ4v) is 4.96. The number of carboxylic acid groups (broad SMARTS) is 1. The Kier molecular flexibility index (Phi) is 33.2. The lowest BCUT2D eigenvalue weighted by atomic mass is 10.1.